The molecule has 0 spiro atoms. The summed E-state index contributed by atoms with van der Waals surface area (Å²) in [5.74, 6) is 0. The van der Waals surface area contributed by atoms with E-state index >= 15 is 0 Å². The summed E-state index contributed by atoms with van der Waals surface area (Å²) in [6.45, 7) is 0. The van der Waals surface area contributed by atoms with Crippen LogP contribution in [0.25, 0.3) is 22.4 Å². The number of pyridine rings is 1. The Kier molecular flexibility index (Phi) is 3.43. The van der Waals surface area contributed by atoms with Gasteiger partial charge in [-0.05, 0) is 29.3 Å². The third-order valence-corrected chi connectivity index (χ3v) is 3.68. The van der Waals surface area contributed by atoms with Gasteiger partial charge in [-0.15, -0.1) is 0 Å². The fourth-order valence-corrected chi connectivity index (χ4v) is 2.72. The average molecular weight is 310 g/mol. The summed E-state index contributed by atoms with van der Waals surface area (Å²) in [7, 11) is 0. The van der Waals surface area contributed by atoms with Crippen molar-refractivity contribution in [3.05, 3.63) is 77.4 Å². The lowest BCUT2D eigenvalue weighted by atomic mass is 9.97. The second kappa shape index (κ2) is 5.37. The monoisotopic (exact) mass is 309 g/mol. The molecule has 2 heteroatoms. The highest BCUT2D eigenvalue weighted by molar-refractivity contribution is 9.10. The zero-order valence-electron chi connectivity index (χ0n) is 10.3. The Morgan fingerprint density at radius 1 is 0.737 bits per heavy atom. The minimum atomic E-state index is 0.980. The van der Waals surface area contributed by atoms with Gasteiger partial charge in [0.1, 0.15) is 0 Å². The summed E-state index contributed by atoms with van der Waals surface area (Å²) in [4.78, 5) is 4.47. The molecule has 0 radical (unpaired) electrons. The first-order valence-electron chi connectivity index (χ1n) is 6.11. The zero-order chi connectivity index (χ0) is 13.1. The molecular weight excluding hydrogens is 298 g/mol. The van der Waals surface area contributed by atoms with Crippen molar-refractivity contribution in [2.75, 3.05) is 0 Å². The zero-order valence-corrected chi connectivity index (χ0v) is 11.8. The molecular formula is C17H12BrN. The van der Waals surface area contributed by atoms with E-state index in [-0.39, 0.29) is 0 Å². The average Bonchev–Trinajstić information content (AvgIpc) is 2.49. The van der Waals surface area contributed by atoms with Gasteiger partial charge < -0.3 is 0 Å². The van der Waals surface area contributed by atoms with Gasteiger partial charge in [0.25, 0.3) is 0 Å². The molecule has 0 amide bonds. The number of rotatable bonds is 2. The maximum absolute atomic E-state index is 4.47. The van der Waals surface area contributed by atoms with E-state index in [2.05, 4.69) is 63.4 Å². The van der Waals surface area contributed by atoms with Crippen molar-refractivity contribution in [1.82, 2.24) is 4.98 Å². The molecule has 92 valence electrons. The van der Waals surface area contributed by atoms with Crippen LogP contribution in [0.5, 0.6) is 0 Å². The van der Waals surface area contributed by atoms with Gasteiger partial charge in [-0.3, -0.25) is 4.98 Å². The first-order chi connectivity index (χ1) is 9.36. The predicted molar refractivity (Wildman–Crippen MR) is 82.8 cm³/mol. The van der Waals surface area contributed by atoms with Gasteiger partial charge in [-0.2, -0.15) is 0 Å². The summed E-state index contributed by atoms with van der Waals surface area (Å²) in [5.41, 5.74) is 4.50. The van der Waals surface area contributed by atoms with E-state index in [1.807, 2.05) is 30.5 Å². The van der Waals surface area contributed by atoms with Crippen molar-refractivity contribution in [2.45, 2.75) is 0 Å². The van der Waals surface area contributed by atoms with Crippen LogP contribution in [0.4, 0.5) is 0 Å². The lowest BCUT2D eigenvalue weighted by Gasteiger charge is -2.11. The molecule has 0 N–H and O–H groups in total. The Labute approximate surface area is 121 Å². The lowest BCUT2D eigenvalue weighted by Crippen LogP contribution is -1.88. The largest absolute Gasteiger partial charge is 0.256 e. The molecule has 0 aliphatic carbocycles. The van der Waals surface area contributed by atoms with E-state index in [0.29, 0.717) is 0 Å². The molecule has 0 bridgehead atoms. The van der Waals surface area contributed by atoms with Crippen LogP contribution < -0.4 is 0 Å². The highest BCUT2D eigenvalue weighted by Gasteiger charge is 2.11. The summed E-state index contributed by atoms with van der Waals surface area (Å²) >= 11 is 3.64. The topological polar surface area (TPSA) is 12.9 Å². The molecule has 0 saturated carbocycles. The SMILES string of the molecule is Brc1cccc(-c2ccccc2)c1-c1ccccn1. The molecule has 0 aliphatic rings. The number of benzene rings is 2. The normalized spacial score (nSPS) is 10.4. The van der Waals surface area contributed by atoms with Crippen molar-refractivity contribution in [3.63, 3.8) is 0 Å². The van der Waals surface area contributed by atoms with Crippen LogP contribution >= 0.6 is 15.9 Å². The maximum atomic E-state index is 4.47. The molecule has 1 heterocycles. The first kappa shape index (κ1) is 12.1. The molecule has 3 rings (SSSR count). The quantitative estimate of drug-likeness (QED) is 0.635. The van der Waals surface area contributed by atoms with Crippen LogP contribution in [0, 0.1) is 0 Å². The van der Waals surface area contributed by atoms with Gasteiger partial charge in [-0.1, -0.05) is 64.5 Å². The lowest BCUT2D eigenvalue weighted by molar-refractivity contribution is 1.32. The van der Waals surface area contributed by atoms with Gasteiger partial charge in [0.05, 0.1) is 5.69 Å². The van der Waals surface area contributed by atoms with Crippen LogP contribution in [0.2, 0.25) is 0 Å². The van der Waals surface area contributed by atoms with Gasteiger partial charge in [0.2, 0.25) is 0 Å². The van der Waals surface area contributed by atoms with Crippen molar-refractivity contribution < 1.29 is 0 Å². The molecule has 3 aromatic rings. The van der Waals surface area contributed by atoms with E-state index in [0.717, 1.165) is 15.7 Å². The molecule has 0 fully saturated rings. The minimum absolute atomic E-state index is 0.980. The van der Waals surface area contributed by atoms with Crippen LogP contribution in [0.15, 0.2) is 77.4 Å². The first-order valence-corrected chi connectivity index (χ1v) is 6.91. The standard InChI is InChI=1S/C17H12BrN/c18-15-10-6-9-14(13-7-2-1-3-8-13)17(15)16-11-4-5-12-19-16/h1-12H. The van der Waals surface area contributed by atoms with Crippen LogP contribution in [0.3, 0.4) is 0 Å². The van der Waals surface area contributed by atoms with Gasteiger partial charge >= 0.3 is 0 Å². The Hall–Kier alpha value is -1.93. The number of nitrogens with zero attached hydrogens (tertiary/aromatic N) is 1. The number of halogens is 1. The molecule has 1 aromatic heterocycles. The van der Waals surface area contributed by atoms with E-state index in [1.54, 1.807) is 0 Å². The minimum Gasteiger partial charge on any atom is -0.256 e. The second-order valence-electron chi connectivity index (χ2n) is 4.24. The highest BCUT2D eigenvalue weighted by Crippen LogP contribution is 2.36. The molecule has 0 aliphatic heterocycles. The molecule has 0 saturated heterocycles. The van der Waals surface area contributed by atoms with Crippen molar-refractivity contribution in [1.29, 1.82) is 0 Å². The van der Waals surface area contributed by atoms with Crippen molar-refractivity contribution in [2.24, 2.45) is 0 Å². The predicted octanol–water partition coefficient (Wildman–Crippen LogP) is 5.18. The maximum Gasteiger partial charge on any atom is 0.0719 e. The molecule has 2 aromatic carbocycles. The van der Waals surface area contributed by atoms with E-state index in [1.165, 1.54) is 11.1 Å². The number of aromatic nitrogens is 1. The number of hydrogen-bond donors (Lipinski definition) is 0. The van der Waals surface area contributed by atoms with E-state index in [9.17, 15) is 0 Å². The summed E-state index contributed by atoms with van der Waals surface area (Å²) in [6, 6.07) is 22.6. The van der Waals surface area contributed by atoms with Crippen LogP contribution in [-0.2, 0) is 0 Å². The van der Waals surface area contributed by atoms with Gasteiger partial charge in [0, 0.05) is 16.2 Å². The summed E-state index contributed by atoms with van der Waals surface area (Å²) in [6.07, 6.45) is 1.82. The van der Waals surface area contributed by atoms with E-state index in [4.69, 9.17) is 0 Å². The highest BCUT2D eigenvalue weighted by atomic mass is 79.9. The molecule has 19 heavy (non-hydrogen) atoms. The Morgan fingerprint density at radius 3 is 2.26 bits per heavy atom. The van der Waals surface area contributed by atoms with Crippen molar-refractivity contribution >= 4 is 15.9 Å². The van der Waals surface area contributed by atoms with Gasteiger partial charge in [0.15, 0.2) is 0 Å². The third kappa shape index (κ3) is 2.45. The smallest absolute Gasteiger partial charge is 0.0719 e. The Balaban J connectivity index is 2.25. The Morgan fingerprint density at radius 2 is 1.53 bits per heavy atom. The molecule has 0 atom stereocenters. The second-order valence-corrected chi connectivity index (χ2v) is 5.10. The summed E-state index contributed by atoms with van der Waals surface area (Å²) in [5, 5.41) is 0. The van der Waals surface area contributed by atoms with Gasteiger partial charge in [-0.25, -0.2) is 0 Å². The number of hydrogen-bond acceptors (Lipinski definition) is 1. The van der Waals surface area contributed by atoms with E-state index < -0.39 is 0 Å². The Bertz CT molecular complexity index is 678. The van der Waals surface area contributed by atoms with Crippen LogP contribution in [0.1, 0.15) is 0 Å². The fraction of sp³-hybridized carbons (Fsp3) is 0. The van der Waals surface area contributed by atoms with Crippen LogP contribution in [-0.4, -0.2) is 4.98 Å². The summed E-state index contributed by atoms with van der Waals surface area (Å²) < 4.78 is 1.06. The molecule has 0 unspecified atom stereocenters. The fourth-order valence-electron chi connectivity index (χ4n) is 2.15. The third-order valence-electron chi connectivity index (χ3n) is 3.02. The molecule has 1 nitrogen and oxygen atoms in total. The van der Waals surface area contributed by atoms with Crippen molar-refractivity contribution in [3.8, 4) is 22.4 Å².